The Hall–Kier alpha value is -3.02. The van der Waals surface area contributed by atoms with Gasteiger partial charge in [0.1, 0.15) is 5.82 Å². The van der Waals surface area contributed by atoms with Crippen molar-refractivity contribution in [2.24, 2.45) is 0 Å². The molecule has 0 aliphatic heterocycles. The van der Waals surface area contributed by atoms with Gasteiger partial charge in [0.05, 0.1) is 10.4 Å². The second-order valence-electron chi connectivity index (χ2n) is 5.09. The largest absolute Gasteiger partial charge is 0.362 e. The number of hydrogen-bond acceptors (Lipinski definition) is 5. The molecule has 2 aromatic carbocycles. The molecule has 3 rings (SSSR count). The van der Waals surface area contributed by atoms with E-state index in [0.717, 1.165) is 16.7 Å². The molecule has 0 amide bonds. The van der Waals surface area contributed by atoms with Crippen LogP contribution in [0, 0.1) is 10.1 Å². The summed E-state index contributed by atoms with van der Waals surface area (Å²) in [5.74, 6) is 1.26. The maximum Gasteiger partial charge on any atom is 0.270 e. The van der Waals surface area contributed by atoms with Gasteiger partial charge in [-0.3, -0.25) is 10.1 Å². The van der Waals surface area contributed by atoms with Crippen molar-refractivity contribution in [1.82, 2.24) is 9.97 Å². The molecule has 0 aliphatic carbocycles. The first kappa shape index (κ1) is 13.9. The first-order valence-electron chi connectivity index (χ1n) is 6.75. The average Bonchev–Trinajstić information content (AvgIpc) is 2.53. The number of fused-ring (bicyclic) bond motifs is 1. The maximum atomic E-state index is 10.9. The Kier molecular flexibility index (Phi) is 3.42. The monoisotopic (exact) mass is 294 g/mol. The number of nitro groups is 1. The van der Waals surface area contributed by atoms with E-state index < -0.39 is 4.92 Å². The van der Waals surface area contributed by atoms with Gasteiger partial charge in [0.2, 0.25) is 0 Å². The summed E-state index contributed by atoms with van der Waals surface area (Å²) in [5, 5.41) is 11.9. The molecule has 1 heterocycles. The lowest BCUT2D eigenvalue weighted by atomic mass is 10.1. The van der Waals surface area contributed by atoms with Gasteiger partial charge in [0, 0.05) is 37.2 Å². The van der Waals surface area contributed by atoms with Gasteiger partial charge in [0.15, 0.2) is 5.82 Å². The van der Waals surface area contributed by atoms with Crippen molar-refractivity contribution in [2.75, 3.05) is 19.0 Å². The number of nitro benzene ring substituents is 1. The molecule has 0 saturated heterocycles. The molecule has 0 unspecified atom stereocenters. The predicted octanol–water partition coefficient (Wildman–Crippen LogP) is 3.27. The highest BCUT2D eigenvalue weighted by Gasteiger charge is 2.13. The van der Waals surface area contributed by atoms with Crippen LogP contribution in [0.3, 0.4) is 0 Å². The number of hydrogen-bond donors (Lipinski definition) is 0. The molecule has 0 saturated carbocycles. The molecule has 0 bridgehead atoms. The first-order valence-corrected chi connectivity index (χ1v) is 6.75. The molecular formula is C16H14N4O2. The second kappa shape index (κ2) is 5.40. The summed E-state index contributed by atoms with van der Waals surface area (Å²) < 4.78 is 0. The third-order valence-electron chi connectivity index (χ3n) is 3.32. The van der Waals surface area contributed by atoms with E-state index >= 15 is 0 Å². The van der Waals surface area contributed by atoms with Crippen LogP contribution in [0.4, 0.5) is 11.5 Å². The van der Waals surface area contributed by atoms with Gasteiger partial charge in [0.25, 0.3) is 5.69 Å². The van der Waals surface area contributed by atoms with Gasteiger partial charge in [-0.1, -0.05) is 24.3 Å². The molecule has 0 spiro atoms. The summed E-state index contributed by atoms with van der Waals surface area (Å²) in [7, 11) is 3.82. The van der Waals surface area contributed by atoms with Crippen molar-refractivity contribution in [2.45, 2.75) is 0 Å². The van der Waals surface area contributed by atoms with E-state index in [-0.39, 0.29) is 5.69 Å². The highest BCUT2D eigenvalue weighted by molar-refractivity contribution is 5.90. The molecular weight excluding hydrogens is 280 g/mol. The van der Waals surface area contributed by atoms with Crippen LogP contribution >= 0.6 is 0 Å². The fourth-order valence-corrected chi connectivity index (χ4v) is 2.29. The SMILES string of the molecule is CN(C)c1nc(-c2cccc([N+](=O)[O-])c2)nc2ccccc12. The third-order valence-corrected chi connectivity index (χ3v) is 3.32. The zero-order valence-corrected chi connectivity index (χ0v) is 12.2. The lowest BCUT2D eigenvalue weighted by Gasteiger charge is -2.15. The van der Waals surface area contributed by atoms with Crippen LogP contribution in [-0.4, -0.2) is 29.0 Å². The Bertz CT molecular complexity index is 862. The third kappa shape index (κ3) is 2.46. The van der Waals surface area contributed by atoms with Crippen LogP contribution in [0.1, 0.15) is 0 Å². The number of rotatable bonds is 3. The number of non-ortho nitro benzene ring substituents is 1. The normalized spacial score (nSPS) is 10.6. The number of nitrogens with zero attached hydrogens (tertiary/aromatic N) is 4. The molecule has 6 nitrogen and oxygen atoms in total. The Labute approximate surface area is 127 Å². The van der Waals surface area contributed by atoms with Gasteiger partial charge in [-0.05, 0) is 12.1 Å². The van der Waals surface area contributed by atoms with Crippen molar-refractivity contribution in [3.63, 3.8) is 0 Å². The minimum atomic E-state index is -0.419. The average molecular weight is 294 g/mol. The van der Waals surface area contributed by atoms with Crippen molar-refractivity contribution >= 4 is 22.4 Å². The number of para-hydroxylation sites is 1. The Morgan fingerprint density at radius 1 is 1.05 bits per heavy atom. The highest BCUT2D eigenvalue weighted by atomic mass is 16.6. The molecule has 1 aromatic heterocycles. The van der Waals surface area contributed by atoms with Crippen LogP contribution < -0.4 is 4.90 Å². The van der Waals surface area contributed by atoms with E-state index in [1.807, 2.05) is 43.3 Å². The Morgan fingerprint density at radius 3 is 2.55 bits per heavy atom. The fourth-order valence-electron chi connectivity index (χ4n) is 2.29. The molecule has 0 aliphatic rings. The summed E-state index contributed by atoms with van der Waals surface area (Å²) in [6, 6.07) is 14.1. The van der Waals surface area contributed by atoms with E-state index in [0.29, 0.717) is 11.4 Å². The van der Waals surface area contributed by atoms with Crippen molar-refractivity contribution in [3.05, 3.63) is 58.6 Å². The van der Waals surface area contributed by atoms with Gasteiger partial charge in [-0.2, -0.15) is 0 Å². The molecule has 0 N–H and O–H groups in total. The zero-order chi connectivity index (χ0) is 15.7. The van der Waals surface area contributed by atoms with Crippen molar-refractivity contribution in [1.29, 1.82) is 0 Å². The van der Waals surface area contributed by atoms with E-state index in [9.17, 15) is 10.1 Å². The van der Waals surface area contributed by atoms with E-state index in [4.69, 9.17) is 0 Å². The minimum absolute atomic E-state index is 0.0284. The quantitative estimate of drug-likeness (QED) is 0.547. The minimum Gasteiger partial charge on any atom is -0.362 e. The van der Waals surface area contributed by atoms with Crippen molar-refractivity contribution in [3.8, 4) is 11.4 Å². The summed E-state index contributed by atoms with van der Waals surface area (Å²) >= 11 is 0. The highest BCUT2D eigenvalue weighted by Crippen LogP contribution is 2.27. The van der Waals surface area contributed by atoms with Crippen LogP contribution in [-0.2, 0) is 0 Å². The van der Waals surface area contributed by atoms with Crippen LogP contribution in [0.25, 0.3) is 22.3 Å². The van der Waals surface area contributed by atoms with E-state index in [2.05, 4.69) is 9.97 Å². The molecule has 22 heavy (non-hydrogen) atoms. The molecule has 0 atom stereocenters. The van der Waals surface area contributed by atoms with Gasteiger partial charge < -0.3 is 4.90 Å². The number of anilines is 1. The van der Waals surface area contributed by atoms with Crippen LogP contribution in [0.2, 0.25) is 0 Å². The molecule has 6 heteroatoms. The van der Waals surface area contributed by atoms with E-state index in [1.165, 1.54) is 12.1 Å². The fraction of sp³-hybridized carbons (Fsp3) is 0.125. The standard InChI is InChI=1S/C16H14N4O2/c1-19(2)16-13-8-3-4-9-14(13)17-15(18-16)11-6-5-7-12(10-11)20(21)22/h3-10H,1-2H3. The van der Waals surface area contributed by atoms with Gasteiger partial charge in [-0.25, -0.2) is 9.97 Å². The summed E-state index contributed by atoms with van der Waals surface area (Å²) in [6.45, 7) is 0. The van der Waals surface area contributed by atoms with E-state index in [1.54, 1.807) is 12.1 Å². The predicted molar refractivity (Wildman–Crippen MR) is 86.0 cm³/mol. The molecule has 3 aromatic rings. The number of aromatic nitrogens is 2. The lowest BCUT2D eigenvalue weighted by molar-refractivity contribution is -0.384. The molecule has 110 valence electrons. The van der Waals surface area contributed by atoms with Crippen LogP contribution in [0.15, 0.2) is 48.5 Å². The Balaban J connectivity index is 2.23. The topological polar surface area (TPSA) is 72.2 Å². The smallest absolute Gasteiger partial charge is 0.270 e. The Morgan fingerprint density at radius 2 is 1.82 bits per heavy atom. The number of benzene rings is 2. The first-order chi connectivity index (χ1) is 10.6. The van der Waals surface area contributed by atoms with Gasteiger partial charge in [-0.15, -0.1) is 0 Å². The summed E-state index contributed by atoms with van der Waals surface area (Å²) in [4.78, 5) is 21.5. The van der Waals surface area contributed by atoms with Gasteiger partial charge >= 0.3 is 0 Å². The van der Waals surface area contributed by atoms with Crippen molar-refractivity contribution < 1.29 is 4.92 Å². The molecule has 0 fully saturated rings. The maximum absolute atomic E-state index is 10.9. The lowest BCUT2D eigenvalue weighted by Crippen LogP contribution is -2.12. The second-order valence-corrected chi connectivity index (χ2v) is 5.09. The van der Waals surface area contributed by atoms with Crippen LogP contribution in [0.5, 0.6) is 0 Å². The molecule has 0 radical (unpaired) electrons. The zero-order valence-electron chi connectivity index (χ0n) is 12.2. The summed E-state index contributed by atoms with van der Waals surface area (Å²) in [6.07, 6.45) is 0. The summed E-state index contributed by atoms with van der Waals surface area (Å²) in [5.41, 5.74) is 1.46.